The summed E-state index contributed by atoms with van der Waals surface area (Å²) in [6.45, 7) is 0.280. The number of ether oxygens (including phenoxy) is 1. The highest BCUT2D eigenvalue weighted by molar-refractivity contribution is 5.94. The maximum Gasteiger partial charge on any atom is 0.269 e. The van der Waals surface area contributed by atoms with E-state index in [0.717, 1.165) is 5.56 Å². The fourth-order valence-corrected chi connectivity index (χ4v) is 1.78. The van der Waals surface area contributed by atoms with Crippen LogP contribution in [0, 0.1) is 10.1 Å². The van der Waals surface area contributed by atoms with Gasteiger partial charge in [-0.15, -0.1) is 0 Å². The number of carbonyl (C=O) groups is 1. The van der Waals surface area contributed by atoms with E-state index in [1.54, 1.807) is 37.4 Å². The lowest BCUT2D eigenvalue weighted by Crippen LogP contribution is -2.17. The van der Waals surface area contributed by atoms with Gasteiger partial charge in [-0.3, -0.25) is 14.9 Å². The summed E-state index contributed by atoms with van der Waals surface area (Å²) in [6.07, 6.45) is 0. The Morgan fingerprint density at radius 3 is 2.57 bits per heavy atom. The number of hydrogen-bond acceptors (Lipinski definition) is 4. The van der Waals surface area contributed by atoms with Crippen molar-refractivity contribution in [3.63, 3.8) is 0 Å². The predicted octanol–water partition coefficient (Wildman–Crippen LogP) is 2.53. The molecule has 0 aromatic heterocycles. The first-order chi connectivity index (χ1) is 10.1. The van der Waals surface area contributed by atoms with Crippen LogP contribution in [-0.4, -0.2) is 17.9 Å². The third-order valence-corrected chi connectivity index (χ3v) is 2.87. The van der Waals surface area contributed by atoms with Crippen molar-refractivity contribution in [3.8, 4) is 5.75 Å². The van der Waals surface area contributed by atoms with Crippen LogP contribution >= 0.6 is 0 Å². The summed E-state index contributed by atoms with van der Waals surface area (Å²) in [5.74, 6) is 0.373. The number of benzene rings is 2. The van der Waals surface area contributed by atoms with Crippen molar-refractivity contribution in [3.05, 3.63) is 69.8 Å². The van der Waals surface area contributed by atoms with Crippen molar-refractivity contribution in [2.45, 2.75) is 6.61 Å². The molecule has 0 aliphatic carbocycles. The quantitative estimate of drug-likeness (QED) is 0.676. The molecule has 0 unspecified atom stereocenters. The van der Waals surface area contributed by atoms with Crippen molar-refractivity contribution in [2.75, 3.05) is 7.05 Å². The number of nitrogens with one attached hydrogen (secondary N) is 1. The summed E-state index contributed by atoms with van der Waals surface area (Å²) in [7, 11) is 1.57. The minimum absolute atomic E-state index is 0.0176. The number of non-ortho nitro benzene ring substituents is 1. The summed E-state index contributed by atoms with van der Waals surface area (Å²) < 4.78 is 5.54. The molecule has 0 atom stereocenters. The Bertz CT molecular complexity index is 653. The van der Waals surface area contributed by atoms with Gasteiger partial charge in [0.15, 0.2) is 0 Å². The molecule has 108 valence electrons. The Hall–Kier alpha value is -2.89. The molecule has 0 radical (unpaired) electrons. The second kappa shape index (κ2) is 6.51. The van der Waals surface area contributed by atoms with Gasteiger partial charge in [-0.1, -0.05) is 12.1 Å². The van der Waals surface area contributed by atoms with Crippen LogP contribution in [0.3, 0.4) is 0 Å². The average Bonchev–Trinajstić information content (AvgIpc) is 2.52. The van der Waals surface area contributed by atoms with E-state index in [1.807, 2.05) is 6.07 Å². The molecule has 0 fully saturated rings. The van der Waals surface area contributed by atoms with Crippen LogP contribution in [0.1, 0.15) is 15.9 Å². The van der Waals surface area contributed by atoms with Gasteiger partial charge in [0.1, 0.15) is 12.4 Å². The second-order valence-electron chi connectivity index (χ2n) is 4.32. The monoisotopic (exact) mass is 286 g/mol. The summed E-state index contributed by atoms with van der Waals surface area (Å²) in [5, 5.41) is 13.1. The fourth-order valence-electron chi connectivity index (χ4n) is 1.78. The van der Waals surface area contributed by atoms with Crippen LogP contribution in [0.5, 0.6) is 5.75 Å². The minimum Gasteiger partial charge on any atom is -0.489 e. The summed E-state index contributed by atoms with van der Waals surface area (Å²) in [5.41, 5.74) is 1.42. The van der Waals surface area contributed by atoms with E-state index in [0.29, 0.717) is 11.3 Å². The van der Waals surface area contributed by atoms with Crippen LogP contribution in [0.15, 0.2) is 48.5 Å². The van der Waals surface area contributed by atoms with Gasteiger partial charge in [-0.25, -0.2) is 0 Å². The summed E-state index contributed by atoms with van der Waals surface area (Å²) >= 11 is 0. The van der Waals surface area contributed by atoms with Gasteiger partial charge in [-0.05, 0) is 29.8 Å². The third kappa shape index (κ3) is 3.79. The Morgan fingerprint density at radius 1 is 1.24 bits per heavy atom. The van der Waals surface area contributed by atoms with E-state index in [-0.39, 0.29) is 18.2 Å². The lowest BCUT2D eigenvalue weighted by Gasteiger charge is -2.07. The molecule has 2 aromatic carbocycles. The molecule has 0 spiro atoms. The normalized spacial score (nSPS) is 9.95. The van der Waals surface area contributed by atoms with Gasteiger partial charge >= 0.3 is 0 Å². The zero-order valence-corrected chi connectivity index (χ0v) is 11.4. The number of amides is 1. The summed E-state index contributed by atoms with van der Waals surface area (Å²) in [4.78, 5) is 21.6. The zero-order valence-electron chi connectivity index (χ0n) is 11.4. The first-order valence-corrected chi connectivity index (χ1v) is 6.28. The van der Waals surface area contributed by atoms with Crippen molar-refractivity contribution in [2.24, 2.45) is 0 Å². The van der Waals surface area contributed by atoms with E-state index >= 15 is 0 Å². The van der Waals surface area contributed by atoms with Crippen LogP contribution in [-0.2, 0) is 6.61 Å². The van der Waals surface area contributed by atoms with Crippen LogP contribution in [0.25, 0.3) is 0 Å². The Morgan fingerprint density at radius 2 is 1.95 bits per heavy atom. The van der Waals surface area contributed by atoms with Gasteiger partial charge in [0.2, 0.25) is 0 Å². The van der Waals surface area contributed by atoms with E-state index in [9.17, 15) is 14.9 Å². The third-order valence-electron chi connectivity index (χ3n) is 2.87. The van der Waals surface area contributed by atoms with Crippen molar-refractivity contribution < 1.29 is 14.5 Å². The lowest BCUT2D eigenvalue weighted by molar-refractivity contribution is -0.384. The zero-order chi connectivity index (χ0) is 15.2. The Kier molecular flexibility index (Phi) is 4.50. The average molecular weight is 286 g/mol. The molecule has 0 bridgehead atoms. The molecular weight excluding hydrogens is 272 g/mol. The van der Waals surface area contributed by atoms with Crippen LogP contribution in [0.4, 0.5) is 5.69 Å². The van der Waals surface area contributed by atoms with Gasteiger partial charge in [-0.2, -0.15) is 0 Å². The molecule has 2 rings (SSSR count). The smallest absolute Gasteiger partial charge is 0.269 e. The fraction of sp³-hybridized carbons (Fsp3) is 0.133. The molecule has 1 N–H and O–H groups in total. The van der Waals surface area contributed by atoms with Gasteiger partial charge < -0.3 is 10.1 Å². The molecule has 6 nitrogen and oxygen atoms in total. The molecule has 21 heavy (non-hydrogen) atoms. The standard InChI is InChI=1S/C15H14N2O4/c1-16-15(18)12-4-2-3-11(9-12)10-21-14-7-5-13(6-8-14)17(19)20/h2-9H,10H2,1H3,(H,16,18). The van der Waals surface area contributed by atoms with Crippen molar-refractivity contribution in [1.82, 2.24) is 5.32 Å². The maximum absolute atomic E-state index is 11.5. The highest BCUT2D eigenvalue weighted by Gasteiger charge is 2.06. The molecule has 0 saturated carbocycles. The Labute approximate surface area is 121 Å². The molecule has 0 aliphatic rings. The van der Waals surface area contributed by atoms with E-state index in [4.69, 9.17) is 4.74 Å². The van der Waals surface area contributed by atoms with E-state index in [1.165, 1.54) is 12.1 Å². The molecule has 0 saturated heterocycles. The van der Waals surface area contributed by atoms with Crippen molar-refractivity contribution >= 4 is 11.6 Å². The SMILES string of the molecule is CNC(=O)c1cccc(COc2ccc([N+](=O)[O-])cc2)c1. The second-order valence-corrected chi connectivity index (χ2v) is 4.32. The highest BCUT2D eigenvalue weighted by Crippen LogP contribution is 2.18. The largest absolute Gasteiger partial charge is 0.489 e. The predicted molar refractivity (Wildman–Crippen MR) is 77.3 cm³/mol. The molecule has 0 aliphatic heterocycles. The van der Waals surface area contributed by atoms with Crippen LogP contribution in [0.2, 0.25) is 0 Å². The molecule has 1 amide bonds. The molecular formula is C15H14N2O4. The molecule has 6 heteroatoms. The van der Waals surface area contributed by atoms with Crippen LogP contribution < -0.4 is 10.1 Å². The lowest BCUT2D eigenvalue weighted by atomic mass is 10.1. The number of carbonyl (C=O) groups excluding carboxylic acids is 1. The first-order valence-electron chi connectivity index (χ1n) is 6.28. The van der Waals surface area contributed by atoms with Gasteiger partial charge in [0.25, 0.3) is 11.6 Å². The maximum atomic E-state index is 11.5. The topological polar surface area (TPSA) is 81.5 Å². The van der Waals surface area contributed by atoms with E-state index in [2.05, 4.69) is 5.32 Å². The van der Waals surface area contributed by atoms with Gasteiger partial charge in [0.05, 0.1) is 4.92 Å². The van der Waals surface area contributed by atoms with Gasteiger partial charge in [0, 0.05) is 24.7 Å². The summed E-state index contributed by atoms with van der Waals surface area (Å²) in [6, 6.07) is 12.9. The van der Waals surface area contributed by atoms with Crippen molar-refractivity contribution in [1.29, 1.82) is 0 Å². The number of nitro groups is 1. The number of nitrogens with zero attached hydrogens (tertiary/aromatic N) is 1. The first kappa shape index (κ1) is 14.5. The Balaban J connectivity index is 2.02. The molecule has 2 aromatic rings. The molecule has 0 heterocycles. The number of nitro benzene ring substituents is 1. The highest BCUT2D eigenvalue weighted by atomic mass is 16.6. The minimum atomic E-state index is -0.462. The number of hydrogen-bond donors (Lipinski definition) is 1. The van der Waals surface area contributed by atoms with E-state index < -0.39 is 4.92 Å². The number of rotatable bonds is 5.